The number of amides is 1. The van der Waals surface area contributed by atoms with Crippen molar-refractivity contribution in [1.29, 1.82) is 0 Å². The van der Waals surface area contributed by atoms with Gasteiger partial charge in [0.1, 0.15) is 10.9 Å². The number of benzene rings is 1. The molecule has 2 aromatic rings. The molecule has 0 saturated carbocycles. The van der Waals surface area contributed by atoms with Crippen molar-refractivity contribution in [2.45, 2.75) is 44.2 Å². The third-order valence-corrected chi connectivity index (χ3v) is 7.29. The number of likely N-dealkylation sites (N-methyl/N-ethyl adjacent to an activating group) is 1. The normalized spacial score (nSPS) is 18.8. The molecule has 0 bridgehead atoms. The Bertz CT molecular complexity index is 983. The summed E-state index contributed by atoms with van der Waals surface area (Å²) in [6.45, 7) is 4.27. The number of halogens is 3. The molecule has 5 nitrogen and oxygen atoms in total. The van der Waals surface area contributed by atoms with Gasteiger partial charge in [-0.3, -0.25) is 9.69 Å². The smallest absolute Gasteiger partial charge is 0.276 e. The molecule has 0 unspecified atom stereocenters. The maximum absolute atomic E-state index is 14.4. The number of hydrogen-bond donors (Lipinski definition) is 0. The van der Waals surface area contributed by atoms with Gasteiger partial charge in [0.25, 0.3) is 11.8 Å². The van der Waals surface area contributed by atoms with Crippen LogP contribution in [0, 0.1) is 0 Å². The van der Waals surface area contributed by atoms with E-state index in [9.17, 15) is 13.6 Å². The van der Waals surface area contributed by atoms with E-state index in [1.54, 1.807) is 11.0 Å². The van der Waals surface area contributed by atoms with Crippen molar-refractivity contribution in [2.24, 2.45) is 0 Å². The minimum atomic E-state index is -3.05. The van der Waals surface area contributed by atoms with E-state index in [1.807, 2.05) is 6.07 Å². The molecule has 0 N–H and O–H groups in total. The molecular formula is C23H28ClF2N3O2. The monoisotopic (exact) mass is 451 g/mol. The van der Waals surface area contributed by atoms with E-state index >= 15 is 0 Å². The van der Waals surface area contributed by atoms with Gasteiger partial charge in [0.2, 0.25) is 0 Å². The van der Waals surface area contributed by atoms with E-state index in [0.717, 1.165) is 31.1 Å². The number of ether oxygens (including phenoxy) is 1. The highest BCUT2D eigenvalue weighted by atomic mass is 35.5. The van der Waals surface area contributed by atoms with Gasteiger partial charge in [0.05, 0.1) is 18.2 Å². The molecule has 1 aromatic heterocycles. The second-order valence-corrected chi connectivity index (χ2v) is 8.80. The lowest BCUT2D eigenvalue weighted by Crippen LogP contribution is -2.56. The van der Waals surface area contributed by atoms with Crippen LogP contribution in [0.25, 0.3) is 0 Å². The molecule has 1 amide bonds. The molecule has 31 heavy (non-hydrogen) atoms. The fraction of sp³-hybridized carbons (Fsp3) is 0.522. The van der Waals surface area contributed by atoms with E-state index in [0.29, 0.717) is 13.1 Å². The number of rotatable bonds is 4. The van der Waals surface area contributed by atoms with Crippen LogP contribution in [-0.4, -0.2) is 54.1 Å². The molecule has 8 heteroatoms. The lowest BCUT2D eigenvalue weighted by molar-refractivity contribution is -0.0105. The Morgan fingerprint density at radius 1 is 1.16 bits per heavy atom. The zero-order chi connectivity index (χ0) is 22.4. The van der Waals surface area contributed by atoms with Crippen LogP contribution in [0.5, 0.6) is 5.75 Å². The maximum Gasteiger partial charge on any atom is 0.276 e. The second kappa shape index (κ2) is 8.10. The van der Waals surface area contributed by atoms with E-state index in [4.69, 9.17) is 16.3 Å². The van der Waals surface area contributed by atoms with Crippen LogP contribution in [0.15, 0.2) is 30.3 Å². The fourth-order valence-electron chi connectivity index (χ4n) is 4.95. The molecular weight excluding hydrogens is 424 g/mol. The van der Waals surface area contributed by atoms with Crippen LogP contribution in [0.1, 0.15) is 47.8 Å². The van der Waals surface area contributed by atoms with Crippen molar-refractivity contribution >= 4 is 17.5 Å². The van der Waals surface area contributed by atoms with Gasteiger partial charge >= 0.3 is 0 Å². The van der Waals surface area contributed by atoms with Crippen LogP contribution in [0.2, 0.25) is 5.15 Å². The number of methoxy groups -OCH3 is 1. The van der Waals surface area contributed by atoms with Gasteiger partial charge in [0.15, 0.2) is 0 Å². The molecule has 1 saturated heterocycles. The molecule has 2 aliphatic rings. The van der Waals surface area contributed by atoms with Crippen molar-refractivity contribution in [3.63, 3.8) is 0 Å². The summed E-state index contributed by atoms with van der Waals surface area (Å²) < 4.78 is 36.1. The number of carbonyl (C=O) groups excluding carboxylic acids is 1. The minimum absolute atomic E-state index is 0.0995. The molecule has 0 radical (unpaired) electrons. The highest BCUT2D eigenvalue weighted by Crippen LogP contribution is 2.43. The van der Waals surface area contributed by atoms with Crippen LogP contribution in [0.3, 0.4) is 0 Å². The predicted molar refractivity (Wildman–Crippen MR) is 116 cm³/mol. The Morgan fingerprint density at radius 3 is 2.52 bits per heavy atom. The van der Waals surface area contributed by atoms with Crippen molar-refractivity contribution in [1.82, 2.24) is 14.4 Å². The Hall–Kier alpha value is -2.12. The number of nitrogens with zero attached hydrogens (tertiary/aromatic N) is 3. The van der Waals surface area contributed by atoms with Gasteiger partial charge in [-0.2, -0.15) is 0 Å². The number of fused-ring (bicyclic) bond motifs is 2. The van der Waals surface area contributed by atoms with Gasteiger partial charge in [-0.05, 0) is 50.2 Å². The maximum atomic E-state index is 14.4. The Kier molecular flexibility index (Phi) is 5.77. The molecule has 168 valence electrons. The largest absolute Gasteiger partial charge is 0.496 e. The van der Waals surface area contributed by atoms with Crippen molar-refractivity contribution in [3.8, 4) is 5.75 Å². The van der Waals surface area contributed by atoms with Crippen LogP contribution >= 0.6 is 11.6 Å². The highest BCUT2D eigenvalue weighted by Gasteiger charge is 2.45. The van der Waals surface area contributed by atoms with E-state index < -0.39 is 5.92 Å². The summed E-state index contributed by atoms with van der Waals surface area (Å²) in [5, 5.41) is 0.739. The standard InChI is InChI=1S/C23H28ClF2N3O2/c1-4-23(25,26)17-15-16(5-6-18(17)31-3)21(30)28-11-9-22(10-12-28)19-7-8-20(24)29(19)14-13-27(22)2/h5-8,15H,4,9-14H2,1-3H3. The number of likely N-dealkylation sites (tertiary alicyclic amines) is 1. The van der Waals surface area contributed by atoms with E-state index in [-0.39, 0.29) is 34.7 Å². The summed E-state index contributed by atoms with van der Waals surface area (Å²) in [4.78, 5) is 17.3. The van der Waals surface area contributed by atoms with Crippen molar-refractivity contribution in [2.75, 3.05) is 33.8 Å². The molecule has 1 fully saturated rings. The zero-order valence-electron chi connectivity index (χ0n) is 18.1. The van der Waals surface area contributed by atoms with Gasteiger partial charge in [-0.1, -0.05) is 18.5 Å². The third-order valence-electron chi connectivity index (χ3n) is 6.96. The van der Waals surface area contributed by atoms with E-state index in [1.165, 1.54) is 31.9 Å². The first kappa shape index (κ1) is 22.1. The van der Waals surface area contributed by atoms with E-state index in [2.05, 4.69) is 22.6 Å². The highest BCUT2D eigenvalue weighted by molar-refractivity contribution is 6.29. The molecule has 0 aliphatic carbocycles. The molecule has 2 aliphatic heterocycles. The van der Waals surface area contributed by atoms with Crippen LogP contribution in [0.4, 0.5) is 8.78 Å². The number of piperidine rings is 1. The minimum Gasteiger partial charge on any atom is -0.496 e. The number of aromatic nitrogens is 1. The molecule has 4 rings (SSSR count). The predicted octanol–water partition coefficient (Wildman–Crippen LogP) is 4.73. The van der Waals surface area contributed by atoms with Crippen LogP contribution in [-0.2, 0) is 18.0 Å². The lowest BCUT2D eigenvalue weighted by atomic mass is 9.81. The van der Waals surface area contributed by atoms with Gasteiger partial charge < -0.3 is 14.2 Å². The Morgan fingerprint density at radius 2 is 1.87 bits per heavy atom. The summed E-state index contributed by atoms with van der Waals surface area (Å²) in [6.07, 6.45) is 1.18. The Labute approximate surface area is 186 Å². The summed E-state index contributed by atoms with van der Waals surface area (Å²) in [7, 11) is 3.48. The molecule has 3 heterocycles. The second-order valence-electron chi connectivity index (χ2n) is 8.41. The third kappa shape index (κ3) is 3.61. The fourth-order valence-corrected chi connectivity index (χ4v) is 5.19. The summed E-state index contributed by atoms with van der Waals surface area (Å²) >= 11 is 6.36. The molecule has 0 atom stereocenters. The topological polar surface area (TPSA) is 37.7 Å². The number of alkyl halides is 2. The van der Waals surface area contributed by atoms with Gasteiger partial charge in [0, 0.05) is 43.9 Å². The number of hydrogen-bond acceptors (Lipinski definition) is 3. The zero-order valence-corrected chi connectivity index (χ0v) is 18.9. The first-order valence-electron chi connectivity index (χ1n) is 10.7. The number of carbonyl (C=O) groups is 1. The van der Waals surface area contributed by atoms with Gasteiger partial charge in [-0.25, -0.2) is 8.78 Å². The van der Waals surface area contributed by atoms with Crippen LogP contribution < -0.4 is 4.74 Å². The first-order chi connectivity index (χ1) is 14.7. The summed E-state index contributed by atoms with van der Waals surface area (Å²) in [5.41, 5.74) is 1.05. The Balaban J connectivity index is 1.56. The average molecular weight is 452 g/mol. The average Bonchev–Trinajstić information content (AvgIpc) is 3.17. The quantitative estimate of drug-likeness (QED) is 0.674. The summed E-state index contributed by atoms with van der Waals surface area (Å²) in [5.74, 6) is -3.18. The van der Waals surface area contributed by atoms with Crippen molar-refractivity contribution in [3.05, 3.63) is 52.3 Å². The first-order valence-corrected chi connectivity index (χ1v) is 11.0. The lowest BCUT2D eigenvalue weighted by Gasteiger charge is -2.50. The summed E-state index contributed by atoms with van der Waals surface area (Å²) in [6, 6.07) is 8.33. The SMILES string of the molecule is CCC(F)(F)c1cc(C(=O)N2CCC3(CC2)c2ccc(Cl)n2CCN3C)ccc1OC. The van der Waals surface area contributed by atoms with Gasteiger partial charge in [-0.15, -0.1) is 0 Å². The van der Waals surface area contributed by atoms with Crippen molar-refractivity contribution < 1.29 is 18.3 Å². The molecule has 1 aromatic carbocycles. The molecule has 1 spiro atoms.